The van der Waals surface area contributed by atoms with Gasteiger partial charge >= 0.3 is 0 Å². The second kappa shape index (κ2) is 13.4. The van der Waals surface area contributed by atoms with Crippen LogP contribution in [0, 0.1) is 5.41 Å². The maximum absolute atomic E-state index is 8.40. The van der Waals surface area contributed by atoms with Crippen LogP contribution in [0.2, 0.25) is 0 Å². The van der Waals surface area contributed by atoms with Gasteiger partial charge in [0.1, 0.15) is 0 Å². The molecule has 1 heterocycles. The molecule has 1 N–H and O–H groups in total. The Morgan fingerprint density at radius 1 is 0.750 bits per heavy atom. The highest BCUT2D eigenvalue weighted by Crippen LogP contribution is 2.15. The third-order valence-corrected chi connectivity index (χ3v) is 5.83. The molecule has 2 rings (SSSR count). The highest BCUT2D eigenvalue weighted by Gasteiger charge is 2.07. The average Bonchev–Trinajstić information content (AvgIpc) is 2.99. The molecule has 3 heteroatoms. The van der Waals surface area contributed by atoms with Crippen LogP contribution in [0.25, 0.3) is 17.2 Å². The molecule has 0 aliphatic heterocycles. The topological polar surface area (TPSA) is 33.7 Å². The SMILES string of the molecule is C=Cn1c(=N)n(CCCCCCCCCCCCCCCC)c2ccccc21. The zero-order valence-corrected chi connectivity index (χ0v) is 18.1. The number of hydrogen-bond acceptors (Lipinski definition) is 1. The molecule has 0 bridgehead atoms. The Hall–Kier alpha value is -1.77. The largest absolute Gasteiger partial charge is 0.310 e. The summed E-state index contributed by atoms with van der Waals surface area (Å²) in [6.45, 7) is 7.07. The van der Waals surface area contributed by atoms with Crippen molar-refractivity contribution in [2.75, 3.05) is 0 Å². The summed E-state index contributed by atoms with van der Waals surface area (Å²) in [5.41, 5.74) is 2.75. The Labute approximate surface area is 172 Å². The molecule has 0 aliphatic carbocycles. The van der Waals surface area contributed by atoms with Crippen LogP contribution >= 0.6 is 0 Å². The van der Waals surface area contributed by atoms with Gasteiger partial charge in [-0.15, -0.1) is 0 Å². The molecule has 0 aliphatic rings. The third kappa shape index (κ3) is 7.00. The fourth-order valence-corrected chi connectivity index (χ4v) is 4.13. The van der Waals surface area contributed by atoms with Gasteiger partial charge in [0.05, 0.1) is 11.0 Å². The van der Waals surface area contributed by atoms with Gasteiger partial charge in [-0.25, -0.2) is 0 Å². The van der Waals surface area contributed by atoms with Crippen LogP contribution in [0.3, 0.4) is 0 Å². The molecule has 0 atom stereocenters. The molecule has 3 nitrogen and oxygen atoms in total. The van der Waals surface area contributed by atoms with Crippen molar-refractivity contribution in [3.05, 3.63) is 36.5 Å². The van der Waals surface area contributed by atoms with Gasteiger partial charge in [0.25, 0.3) is 0 Å². The molecule has 0 radical (unpaired) electrons. The van der Waals surface area contributed by atoms with Crippen molar-refractivity contribution in [3.8, 4) is 0 Å². The number of benzene rings is 1. The molecule has 0 saturated carbocycles. The fraction of sp³-hybridized carbons (Fsp3) is 0.640. The summed E-state index contributed by atoms with van der Waals surface area (Å²) in [7, 11) is 0. The van der Waals surface area contributed by atoms with Crippen LogP contribution < -0.4 is 5.62 Å². The molecule has 1 aromatic heterocycles. The van der Waals surface area contributed by atoms with E-state index in [4.69, 9.17) is 5.41 Å². The van der Waals surface area contributed by atoms with E-state index in [1.807, 2.05) is 10.6 Å². The zero-order valence-electron chi connectivity index (χ0n) is 18.1. The lowest BCUT2D eigenvalue weighted by Gasteiger charge is -2.05. The van der Waals surface area contributed by atoms with Crippen LogP contribution in [0.15, 0.2) is 30.8 Å². The molecule has 0 amide bonds. The Bertz CT molecular complexity index is 738. The van der Waals surface area contributed by atoms with E-state index in [1.165, 1.54) is 83.5 Å². The van der Waals surface area contributed by atoms with Crippen molar-refractivity contribution in [2.45, 2.75) is 103 Å². The molecule has 156 valence electrons. The second-order valence-electron chi connectivity index (χ2n) is 8.11. The molecule has 2 aromatic rings. The quantitative estimate of drug-likeness (QED) is 0.291. The number of nitrogens with zero attached hydrogens (tertiary/aromatic N) is 2. The average molecular weight is 384 g/mol. The van der Waals surface area contributed by atoms with Crippen LogP contribution in [0.1, 0.15) is 96.8 Å². The summed E-state index contributed by atoms with van der Waals surface area (Å²) in [4.78, 5) is 0. The van der Waals surface area contributed by atoms with Gasteiger partial charge in [0.15, 0.2) is 0 Å². The lowest BCUT2D eigenvalue weighted by atomic mass is 10.0. The number of imidazole rings is 1. The first kappa shape index (κ1) is 22.5. The number of rotatable bonds is 16. The number of aromatic nitrogens is 2. The minimum Gasteiger partial charge on any atom is -0.310 e. The maximum atomic E-state index is 8.40. The smallest absolute Gasteiger partial charge is 0.207 e. The molecule has 0 fully saturated rings. The Morgan fingerprint density at radius 2 is 1.21 bits per heavy atom. The first-order chi connectivity index (χ1) is 13.8. The van der Waals surface area contributed by atoms with E-state index in [1.54, 1.807) is 6.20 Å². The normalized spacial score (nSPS) is 11.3. The first-order valence-electron chi connectivity index (χ1n) is 11.7. The van der Waals surface area contributed by atoms with Gasteiger partial charge in [-0.2, -0.15) is 0 Å². The van der Waals surface area contributed by atoms with Gasteiger partial charge in [0, 0.05) is 12.7 Å². The Morgan fingerprint density at radius 3 is 1.71 bits per heavy atom. The molecule has 0 saturated heterocycles. The van der Waals surface area contributed by atoms with Gasteiger partial charge in [-0.3, -0.25) is 9.98 Å². The summed E-state index contributed by atoms with van der Waals surface area (Å²) in [6, 6.07) is 8.25. The van der Waals surface area contributed by atoms with E-state index >= 15 is 0 Å². The number of nitrogens with one attached hydrogen (secondary N) is 1. The summed E-state index contributed by atoms with van der Waals surface area (Å²) < 4.78 is 4.00. The van der Waals surface area contributed by atoms with E-state index in [0.717, 1.165) is 24.0 Å². The number of aryl methyl sites for hydroxylation is 1. The predicted octanol–water partition coefficient (Wildman–Crippen LogP) is 7.50. The lowest BCUT2D eigenvalue weighted by molar-refractivity contribution is 0.521. The third-order valence-electron chi connectivity index (χ3n) is 5.83. The van der Waals surface area contributed by atoms with Crippen molar-refractivity contribution in [1.82, 2.24) is 9.13 Å². The van der Waals surface area contributed by atoms with Crippen LogP contribution in [0.4, 0.5) is 0 Å². The number of unbranched alkanes of at least 4 members (excludes halogenated alkanes) is 13. The van der Waals surface area contributed by atoms with Gasteiger partial charge in [-0.1, -0.05) is 109 Å². The Kier molecular flexibility index (Phi) is 10.8. The zero-order chi connectivity index (χ0) is 20.0. The van der Waals surface area contributed by atoms with Crippen LogP contribution in [0.5, 0.6) is 0 Å². The first-order valence-corrected chi connectivity index (χ1v) is 11.7. The van der Waals surface area contributed by atoms with Gasteiger partial charge in [0.2, 0.25) is 5.62 Å². The van der Waals surface area contributed by atoms with Crippen molar-refractivity contribution < 1.29 is 0 Å². The number of para-hydroxylation sites is 2. The number of fused-ring (bicyclic) bond motifs is 1. The molecular weight excluding hydrogens is 342 g/mol. The van der Waals surface area contributed by atoms with E-state index in [0.29, 0.717) is 5.62 Å². The van der Waals surface area contributed by atoms with Gasteiger partial charge in [-0.05, 0) is 18.6 Å². The molecule has 1 aromatic carbocycles. The highest BCUT2D eigenvalue weighted by molar-refractivity contribution is 5.77. The van der Waals surface area contributed by atoms with E-state index < -0.39 is 0 Å². The van der Waals surface area contributed by atoms with E-state index in [-0.39, 0.29) is 0 Å². The molecule has 28 heavy (non-hydrogen) atoms. The summed E-state index contributed by atoms with van der Waals surface area (Å²) in [6.07, 6.45) is 21.0. The highest BCUT2D eigenvalue weighted by atomic mass is 15.2. The summed E-state index contributed by atoms with van der Waals surface area (Å²) >= 11 is 0. The fourth-order valence-electron chi connectivity index (χ4n) is 4.13. The maximum Gasteiger partial charge on any atom is 0.207 e. The number of hydrogen-bond donors (Lipinski definition) is 1. The van der Waals surface area contributed by atoms with Crippen molar-refractivity contribution in [3.63, 3.8) is 0 Å². The van der Waals surface area contributed by atoms with Crippen LogP contribution in [-0.2, 0) is 6.54 Å². The molecular formula is C25H41N3. The molecule has 0 unspecified atom stereocenters. The monoisotopic (exact) mass is 383 g/mol. The Balaban J connectivity index is 1.54. The second-order valence-corrected chi connectivity index (χ2v) is 8.11. The lowest BCUT2D eigenvalue weighted by Crippen LogP contribution is -2.21. The summed E-state index contributed by atoms with van der Waals surface area (Å²) in [5.74, 6) is 0. The molecule has 0 spiro atoms. The standard InChI is InChI=1S/C25H41N3/c1-3-5-6-7-8-9-10-11-12-13-14-15-16-19-22-28-24-21-18-17-20-23(24)27(4-2)25(28)26/h4,17-18,20-21,26H,2-3,5-16,19,22H2,1H3. The van der Waals surface area contributed by atoms with Crippen LogP contribution in [-0.4, -0.2) is 9.13 Å². The summed E-state index contributed by atoms with van der Waals surface area (Å²) in [5, 5.41) is 8.40. The van der Waals surface area contributed by atoms with Crippen molar-refractivity contribution in [1.29, 1.82) is 5.41 Å². The van der Waals surface area contributed by atoms with Gasteiger partial charge < -0.3 is 4.57 Å². The van der Waals surface area contributed by atoms with E-state index in [9.17, 15) is 0 Å². The van der Waals surface area contributed by atoms with E-state index in [2.05, 4.69) is 36.3 Å². The van der Waals surface area contributed by atoms with Crippen molar-refractivity contribution >= 4 is 17.2 Å². The minimum absolute atomic E-state index is 0.533. The minimum atomic E-state index is 0.533. The predicted molar refractivity (Wildman–Crippen MR) is 122 cm³/mol. The van der Waals surface area contributed by atoms with Crippen molar-refractivity contribution in [2.24, 2.45) is 0 Å².